The molecule has 0 heterocycles. The Balaban J connectivity index is 0.000000195. The fourth-order valence-electron chi connectivity index (χ4n) is 17.7. The molecule has 706 valence electrons. The Labute approximate surface area is 837 Å². The van der Waals surface area contributed by atoms with Gasteiger partial charge in [0.2, 0.25) is 0 Å². The van der Waals surface area contributed by atoms with E-state index in [0.717, 1.165) is 113 Å². The van der Waals surface area contributed by atoms with Gasteiger partial charge in [0.15, 0.2) is 0 Å². The number of para-hydroxylation sites is 6. The van der Waals surface area contributed by atoms with E-state index in [0.29, 0.717) is 39.1 Å². The average molecular weight is 1920 g/mol. The Kier molecular flexibility index (Phi) is 28.3. The van der Waals surface area contributed by atoms with Crippen molar-refractivity contribution in [1.82, 2.24) is 0 Å². The maximum Gasteiger partial charge on any atom is 0.534 e. The van der Waals surface area contributed by atoms with Crippen molar-refractivity contribution >= 4 is 136 Å². The number of halogens is 5. The number of aromatic hydroxyl groups is 1. The Bertz CT molecular complexity index is 7290. The molecule has 0 fully saturated rings. The van der Waals surface area contributed by atoms with Crippen molar-refractivity contribution in [2.24, 2.45) is 0 Å². The zero-order valence-corrected chi connectivity index (χ0v) is 83.2. The highest BCUT2D eigenvalue weighted by Gasteiger charge is 2.49. The minimum atomic E-state index is -6.22. The third-order valence-electron chi connectivity index (χ3n) is 25.0. The van der Waals surface area contributed by atoms with Gasteiger partial charge in [0.1, 0.15) is 11.5 Å². The van der Waals surface area contributed by atoms with Crippen LogP contribution in [0.5, 0.6) is 11.5 Å². The number of phenols is 1. The van der Waals surface area contributed by atoms with Gasteiger partial charge in [0.25, 0.3) is 0 Å². The van der Waals surface area contributed by atoms with Gasteiger partial charge in [-0.05, 0) is 224 Å². The van der Waals surface area contributed by atoms with Crippen LogP contribution in [-0.4, -0.2) is 19.0 Å². The quantitative estimate of drug-likeness (QED) is 0.0467. The lowest BCUT2D eigenvalue weighted by Crippen LogP contribution is -2.28. The van der Waals surface area contributed by atoms with Crippen LogP contribution in [0.2, 0.25) is 10.0 Å². The van der Waals surface area contributed by atoms with E-state index in [4.69, 9.17) is 27.4 Å². The number of hydrogen-bond acceptors (Lipinski definition) is 10. The van der Waals surface area contributed by atoms with Gasteiger partial charge in [0.05, 0.1) is 44.2 Å². The number of hydrogen-bond donors (Lipinski definition) is 1. The molecule has 0 saturated carbocycles. The standard InChI is InChI=1S/C63H55ClF3N3O3S.C62H56ClN3O/c1-61(2,3)46-35-37-51(38-36-46)70(60-55(44-23-12-7-13-24-44)39-47(62(4,5)6)40-56(60)45-25-14-8-15-26-45)58-43-54(73-74(71,72)63(65,66)67)42-57(59(58)64)69(50-31-20-11-21-32-50)53-34-22-33-52(41-53)68(48-27-16-9-17-28-48)49-29-18-10-19-30-49;1-61(2,3)46-35-37-51(38-36-46)66(60-55(44-23-12-7-13-24-44)39-47(62(4,5)6)40-56(60)45-25-14-8-15-26-45)58-43-54(67)42-57(59(58)63)65(50-31-20-11-21-32-50)53-34-22-33-52(41-53)64(48-27-16-9-17-28-48)49-29-18-10-19-30-49/h7-43H,1-6H3;7-43,67H,1-6H3. The van der Waals surface area contributed by atoms with Crippen LogP contribution in [-0.2, 0) is 31.8 Å². The second-order valence-electron chi connectivity index (χ2n) is 39.0. The van der Waals surface area contributed by atoms with E-state index in [1.54, 1.807) is 17.0 Å². The molecular weight excluding hydrogens is 1810 g/mol. The molecule has 18 rings (SSSR count). The maximum absolute atomic E-state index is 14.6. The molecule has 141 heavy (non-hydrogen) atoms. The third kappa shape index (κ3) is 21.6. The van der Waals surface area contributed by atoms with E-state index in [9.17, 15) is 26.7 Å². The van der Waals surface area contributed by atoms with Gasteiger partial charge in [-0.2, -0.15) is 21.6 Å². The van der Waals surface area contributed by atoms with Crippen LogP contribution in [0, 0.1) is 0 Å². The van der Waals surface area contributed by atoms with Crippen LogP contribution in [0.4, 0.5) is 116 Å². The summed E-state index contributed by atoms with van der Waals surface area (Å²) >= 11 is 16.1. The topological polar surface area (TPSA) is 83.0 Å². The predicted octanol–water partition coefficient (Wildman–Crippen LogP) is 37.3. The molecule has 0 aromatic heterocycles. The second-order valence-corrected chi connectivity index (χ2v) is 41.3. The predicted molar refractivity (Wildman–Crippen MR) is 585 cm³/mol. The zero-order valence-electron chi connectivity index (χ0n) is 80.9. The highest BCUT2D eigenvalue weighted by atomic mass is 35.5. The molecule has 18 aromatic carbocycles. The summed E-state index contributed by atoms with van der Waals surface area (Å²) in [5.74, 6) is -0.541. The van der Waals surface area contributed by atoms with Crippen LogP contribution in [0.15, 0.2) is 449 Å². The Morgan fingerprint density at radius 2 is 0.440 bits per heavy atom. The van der Waals surface area contributed by atoms with E-state index in [1.807, 2.05) is 235 Å². The van der Waals surface area contributed by atoms with Crippen LogP contribution in [0.1, 0.15) is 105 Å². The summed E-state index contributed by atoms with van der Waals surface area (Å²) in [5, 5.41) is 12.7. The molecule has 0 saturated heterocycles. The van der Waals surface area contributed by atoms with Gasteiger partial charge in [-0.3, -0.25) is 0 Å². The first-order valence-electron chi connectivity index (χ1n) is 47.1. The molecular formula is C125H111Cl2F3N6O4S. The van der Waals surface area contributed by atoms with Gasteiger partial charge in [0, 0.05) is 115 Å². The second kappa shape index (κ2) is 41.0. The molecule has 10 nitrogen and oxygen atoms in total. The van der Waals surface area contributed by atoms with Gasteiger partial charge in [-0.15, -0.1) is 0 Å². The summed E-state index contributed by atoms with van der Waals surface area (Å²) < 4.78 is 75.4. The molecule has 0 unspecified atom stereocenters. The van der Waals surface area contributed by atoms with Gasteiger partial charge in [-0.1, -0.05) is 373 Å². The van der Waals surface area contributed by atoms with Crippen molar-refractivity contribution in [3.8, 4) is 56.0 Å². The van der Waals surface area contributed by atoms with E-state index in [-0.39, 0.29) is 43.8 Å². The first kappa shape index (κ1) is 97.3. The molecule has 1 N–H and O–H groups in total. The smallest absolute Gasteiger partial charge is 0.508 e. The Hall–Kier alpha value is -15.3. The van der Waals surface area contributed by atoms with E-state index < -0.39 is 21.4 Å². The van der Waals surface area contributed by atoms with Crippen molar-refractivity contribution in [3.63, 3.8) is 0 Å². The van der Waals surface area contributed by atoms with Crippen molar-refractivity contribution in [2.45, 2.75) is 110 Å². The molecule has 16 heteroatoms. The van der Waals surface area contributed by atoms with Crippen molar-refractivity contribution in [1.29, 1.82) is 0 Å². The lowest BCUT2D eigenvalue weighted by molar-refractivity contribution is -0.0500. The van der Waals surface area contributed by atoms with Gasteiger partial charge < -0.3 is 38.7 Å². The summed E-state index contributed by atoms with van der Waals surface area (Å²) in [6, 6.07) is 149. The fraction of sp³-hybridized carbons (Fsp3) is 0.136. The zero-order chi connectivity index (χ0) is 99.1. The van der Waals surface area contributed by atoms with Crippen LogP contribution in [0.3, 0.4) is 0 Å². The lowest BCUT2D eigenvalue weighted by Gasteiger charge is -2.35. The average Bonchev–Trinajstić information content (AvgIpc) is 0.747. The van der Waals surface area contributed by atoms with E-state index in [2.05, 4.69) is 297 Å². The van der Waals surface area contributed by atoms with Gasteiger partial charge in [-0.25, -0.2) is 0 Å². The van der Waals surface area contributed by atoms with Crippen molar-refractivity contribution in [2.75, 3.05) is 29.4 Å². The molecule has 0 radical (unpaired) electrons. The van der Waals surface area contributed by atoms with Gasteiger partial charge >= 0.3 is 15.6 Å². The number of anilines is 18. The number of rotatable bonds is 24. The van der Waals surface area contributed by atoms with Crippen molar-refractivity contribution in [3.05, 3.63) is 481 Å². The molecule has 0 aliphatic heterocycles. The molecule has 0 amide bonds. The number of benzene rings is 18. The largest absolute Gasteiger partial charge is 0.534 e. The summed E-state index contributed by atoms with van der Waals surface area (Å²) in [6.07, 6.45) is 0. The monoisotopic (exact) mass is 1920 g/mol. The first-order valence-corrected chi connectivity index (χ1v) is 49.3. The number of alkyl halides is 3. The number of phenolic OH excluding ortho intramolecular Hbond substituents is 1. The fourth-order valence-corrected chi connectivity index (χ4v) is 18.7. The first-order chi connectivity index (χ1) is 67.6. The molecule has 0 aliphatic rings. The molecule has 18 aromatic rings. The van der Waals surface area contributed by atoms with Crippen LogP contribution in [0.25, 0.3) is 44.5 Å². The van der Waals surface area contributed by atoms with E-state index >= 15 is 0 Å². The summed E-state index contributed by atoms with van der Waals surface area (Å²) in [6.45, 7) is 26.3. The highest BCUT2D eigenvalue weighted by molar-refractivity contribution is 7.88. The lowest BCUT2D eigenvalue weighted by atomic mass is 9.81. The SMILES string of the molecule is CC(C)(C)c1ccc(N(c2cc(O)cc(N(c3ccccc3)c3cccc(N(c4ccccc4)c4ccccc4)c3)c2Cl)c2c(-c3ccccc3)cc(C(C)(C)C)cc2-c2ccccc2)cc1.CC(C)(C)c1ccc(N(c2cc(OS(=O)(=O)C(F)(F)F)cc(N(c3ccccc3)c3cccc(N(c4ccccc4)c4ccccc4)c3)c2Cl)c2c(-c3ccccc3)cc(C(C)(C)C)cc2-c2ccccc2)cc1. The summed E-state index contributed by atoms with van der Waals surface area (Å²) in [7, 11) is -6.22. The molecule has 0 spiro atoms. The highest BCUT2D eigenvalue weighted by Crippen LogP contribution is 2.58. The summed E-state index contributed by atoms with van der Waals surface area (Å²) in [4.78, 5) is 12.5. The molecule has 0 bridgehead atoms. The van der Waals surface area contributed by atoms with E-state index in [1.165, 1.54) is 23.3 Å². The van der Waals surface area contributed by atoms with Crippen molar-refractivity contribution < 1.29 is 30.9 Å². The third-order valence-corrected chi connectivity index (χ3v) is 26.7. The van der Waals surface area contributed by atoms with Crippen LogP contribution >= 0.6 is 23.2 Å². The summed E-state index contributed by atoms with van der Waals surface area (Å²) in [5.41, 5.74) is 18.4. The number of nitrogens with zero attached hydrogens (tertiary/aromatic N) is 6. The Morgan fingerprint density at radius 1 is 0.234 bits per heavy atom. The van der Waals surface area contributed by atoms with Crippen LogP contribution < -0.4 is 33.6 Å². The normalized spacial score (nSPS) is 11.8. The minimum Gasteiger partial charge on any atom is -0.508 e. The molecule has 0 aliphatic carbocycles. The maximum atomic E-state index is 14.6. The molecule has 0 atom stereocenters. The Morgan fingerprint density at radius 3 is 0.688 bits per heavy atom. The minimum absolute atomic E-state index is 0.0702.